The van der Waals surface area contributed by atoms with Crippen molar-refractivity contribution in [3.8, 4) is 0 Å². The maximum atomic E-state index is 10.9. The molecule has 0 radical (unpaired) electrons. The van der Waals surface area contributed by atoms with Gasteiger partial charge in [-0.3, -0.25) is 4.79 Å². The summed E-state index contributed by atoms with van der Waals surface area (Å²) in [7, 11) is 0. The van der Waals surface area contributed by atoms with Gasteiger partial charge in [0.05, 0.1) is 0 Å². The highest BCUT2D eigenvalue weighted by Gasteiger charge is 2.06. The summed E-state index contributed by atoms with van der Waals surface area (Å²) in [5.74, 6) is 0. The smallest absolute Gasteiger partial charge is 0.252 e. The van der Waals surface area contributed by atoms with Crippen molar-refractivity contribution in [3.05, 3.63) is 34.4 Å². The van der Waals surface area contributed by atoms with E-state index in [1.807, 2.05) is 32.9 Å². The normalized spacial score (nSPS) is 10.0. The highest BCUT2D eigenvalue weighted by molar-refractivity contribution is 6.67. The molecule has 0 fully saturated rings. The Labute approximate surface area is 77.4 Å². The highest BCUT2D eigenvalue weighted by Crippen LogP contribution is 2.16. The van der Waals surface area contributed by atoms with Crippen molar-refractivity contribution in [3.63, 3.8) is 0 Å². The standard InChI is InChI=1S/C10H11ClO/c1-6-4-8(3)9(10(11)12)5-7(6)2/h4-5H,1-3H3. The van der Waals surface area contributed by atoms with Crippen LogP contribution in [-0.2, 0) is 0 Å². The molecular weight excluding hydrogens is 172 g/mol. The SMILES string of the molecule is Cc1cc(C)c(C(=O)Cl)cc1C. The van der Waals surface area contributed by atoms with E-state index in [1.54, 1.807) is 0 Å². The van der Waals surface area contributed by atoms with Gasteiger partial charge in [-0.2, -0.15) is 0 Å². The van der Waals surface area contributed by atoms with Crippen molar-refractivity contribution in [1.29, 1.82) is 0 Å². The van der Waals surface area contributed by atoms with Gasteiger partial charge in [-0.1, -0.05) is 6.07 Å². The molecule has 0 aromatic heterocycles. The van der Waals surface area contributed by atoms with Crippen LogP contribution in [-0.4, -0.2) is 5.24 Å². The molecule has 64 valence electrons. The van der Waals surface area contributed by atoms with Crippen LogP contribution in [0.5, 0.6) is 0 Å². The molecule has 1 aromatic carbocycles. The van der Waals surface area contributed by atoms with E-state index >= 15 is 0 Å². The molecule has 0 atom stereocenters. The fourth-order valence-electron chi connectivity index (χ4n) is 1.17. The number of rotatable bonds is 1. The minimum absolute atomic E-state index is 0.379. The first-order chi connectivity index (χ1) is 5.52. The Hall–Kier alpha value is -0.820. The molecule has 12 heavy (non-hydrogen) atoms. The Morgan fingerprint density at radius 3 is 2.08 bits per heavy atom. The number of halogens is 1. The lowest BCUT2D eigenvalue weighted by atomic mass is 10.0. The largest absolute Gasteiger partial charge is 0.276 e. The third-order valence-electron chi connectivity index (χ3n) is 2.05. The molecule has 2 heteroatoms. The Morgan fingerprint density at radius 2 is 1.58 bits per heavy atom. The summed E-state index contributed by atoms with van der Waals surface area (Å²) >= 11 is 5.39. The number of hydrogen-bond donors (Lipinski definition) is 0. The van der Waals surface area contributed by atoms with Crippen LogP contribution < -0.4 is 0 Å². The lowest BCUT2D eigenvalue weighted by Crippen LogP contribution is -1.95. The van der Waals surface area contributed by atoms with E-state index in [9.17, 15) is 4.79 Å². The van der Waals surface area contributed by atoms with Gasteiger partial charge in [-0.05, 0) is 55.1 Å². The molecule has 1 aromatic rings. The van der Waals surface area contributed by atoms with E-state index in [0.29, 0.717) is 5.56 Å². The maximum absolute atomic E-state index is 10.9. The Balaban J connectivity index is 3.33. The first-order valence-electron chi connectivity index (χ1n) is 3.80. The minimum Gasteiger partial charge on any atom is -0.276 e. The second-order valence-corrected chi connectivity index (χ2v) is 3.37. The summed E-state index contributed by atoms with van der Waals surface area (Å²) in [4.78, 5) is 10.9. The molecule has 1 rings (SSSR count). The molecule has 0 saturated carbocycles. The Bertz CT molecular complexity index is 329. The molecular formula is C10H11ClO. The molecule has 0 unspecified atom stereocenters. The van der Waals surface area contributed by atoms with Gasteiger partial charge in [-0.15, -0.1) is 0 Å². The van der Waals surface area contributed by atoms with E-state index in [-0.39, 0.29) is 5.24 Å². The van der Waals surface area contributed by atoms with Crippen molar-refractivity contribution >= 4 is 16.8 Å². The highest BCUT2D eigenvalue weighted by atomic mass is 35.5. The van der Waals surface area contributed by atoms with Gasteiger partial charge >= 0.3 is 0 Å². The number of hydrogen-bond acceptors (Lipinski definition) is 1. The topological polar surface area (TPSA) is 17.1 Å². The van der Waals surface area contributed by atoms with Crippen molar-refractivity contribution in [2.75, 3.05) is 0 Å². The molecule has 0 bridgehead atoms. The van der Waals surface area contributed by atoms with Crippen LogP contribution in [0, 0.1) is 20.8 Å². The number of benzene rings is 1. The fraction of sp³-hybridized carbons (Fsp3) is 0.300. The van der Waals surface area contributed by atoms with Crippen LogP contribution in [0.1, 0.15) is 27.0 Å². The van der Waals surface area contributed by atoms with Crippen molar-refractivity contribution in [2.45, 2.75) is 20.8 Å². The first kappa shape index (κ1) is 9.27. The maximum Gasteiger partial charge on any atom is 0.252 e. The van der Waals surface area contributed by atoms with Crippen LogP contribution in [0.3, 0.4) is 0 Å². The average molecular weight is 183 g/mol. The summed E-state index contributed by atoms with van der Waals surface area (Å²) in [5, 5.41) is -0.379. The number of carbonyl (C=O) groups is 1. The first-order valence-corrected chi connectivity index (χ1v) is 4.18. The molecule has 1 nitrogen and oxygen atoms in total. The summed E-state index contributed by atoms with van der Waals surface area (Å²) in [6.45, 7) is 5.88. The number of carbonyl (C=O) groups excluding carboxylic acids is 1. The fourth-order valence-corrected chi connectivity index (χ4v) is 1.38. The third-order valence-corrected chi connectivity index (χ3v) is 2.26. The van der Waals surface area contributed by atoms with Crippen LogP contribution >= 0.6 is 11.6 Å². The predicted molar refractivity (Wildman–Crippen MR) is 50.8 cm³/mol. The van der Waals surface area contributed by atoms with Crippen LogP contribution in [0.4, 0.5) is 0 Å². The van der Waals surface area contributed by atoms with Gasteiger partial charge in [0.25, 0.3) is 5.24 Å². The van der Waals surface area contributed by atoms with Crippen LogP contribution in [0.2, 0.25) is 0 Å². The summed E-state index contributed by atoms with van der Waals surface area (Å²) in [6, 6.07) is 3.81. The van der Waals surface area contributed by atoms with E-state index < -0.39 is 0 Å². The molecule has 0 saturated heterocycles. The lowest BCUT2D eigenvalue weighted by molar-refractivity contribution is 0.108. The summed E-state index contributed by atoms with van der Waals surface area (Å²) < 4.78 is 0. The molecule has 0 spiro atoms. The second-order valence-electron chi connectivity index (χ2n) is 3.03. The zero-order chi connectivity index (χ0) is 9.30. The quantitative estimate of drug-likeness (QED) is 0.611. The van der Waals surface area contributed by atoms with E-state index in [1.165, 1.54) is 5.56 Å². The van der Waals surface area contributed by atoms with Gasteiger partial charge in [0.1, 0.15) is 0 Å². The van der Waals surface area contributed by atoms with Gasteiger partial charge in [0, 0.05) is 5.56 Å². The summed E-state index contributed by atoms with van der Waals surface area (Å²) in [5.41, 5.74) is 3.84. The second kappa shape index (κ2) is 3.28. The zero-order valence-electron chi connectivity index (χ0n) is 7.44. The monoisotopic (exact) mass is 182 g/mol. The van der Waals surface area contributed by atoms with E-state index in [2.05, 4.69) is 0 Å². The molecule has 0 heterocycles. The van der Waals surface area contributed by atoms with Gasteiger partial charge in [-0.25, -0.2) is 0 Å². The third kappa shape index (κ3) is 1.67. The minimum atomic E-state index is -0.379. The lowest BCUT2D eigenvalue weighted by Gasteiger charge is -2.05. The van der Waals surface area contributed by atoms with Gasteiger partial charge in [0.2, 0.25) is 0 Å². The zero-order valence-corrected chi connectivity index (χ0v) is 8.20. The van der Waals surface area contributed by atoms with E-state index in [0.717, 1.165) is 11.1 Å². The van der Waals surface area contributed by atoms with Crippen molar-refractivity contribution in [2.24, 2.45) is 0 Å². The van der Waals surface area contributed by atoms with Gasteiger partial charge in [0.15, 0.2) is 0 Å². The summed E-state index contributed by atoms with van der Waals surface area (Å²) in [6.07, 6.45) is 0. The van der Waals surface area contributed by atoms with E-state index in [4.69, 9.17) is 11.6 Å². The van der Waals surface area contributed by atoms with Crippen LogP contribution in [0.25, 0.3) is 0 Å². The van der Waals surface area contributed by atoms with Crippen molar-refractivity contribution in [1.82, 2.24) is 0 Å². The molecule has 0 aliphatic heterocycles. The average Bonchev–Trinajstić information content (AvgIpc) is 1.96. The molecule has 0 aliphatic carbocycles. The van der Waals surface area contributed by atoms with Crippen LogP contribution in [0.15, 0.2) is 12.1 Å². The predicted octanol–water partition coefficient (Wildman–Crippen LogP) is 2.99. The Kier molecular flexibility index (Phi) is 2.53. The van der Waals surface area contributed by atoms with Crippen molar-refractivity contribution < 1.29 is 4.79 Å². The molecule has 0 aliphatic rings. The molecule has 0 N–H and O–H groups in total. The number of aryl methyl sites for hydroxylation is 3. The Morgan fingerprint density at radius 1 is 1.08 bits per heavy atom. The molecule has 0 amide bonds. The van der Waals surface area contributed by atoms with Gasteiger partial charge < -0.3 is 0 Å².